The predicted molar refractivity (Wildman–Crippen MR) is 88.6 cm³/mol. The monoisotopic (exact) mass is 324 g/mol. The second kappa shape index (κ2) is 6.82. The summed E-state index contributed by atoms with van der Waals surface area (Å²) in [7, 11) is 1.59. The first kappa shape index (κ1) is 15.5. The van der Waals surface area contributed by atoms with Crippen molar-refractivity contribution in [1.29, 1.82) is 0 Å². The van der Waals surface area contributed by atoms with Gasteiger partial charge in [-0.15, -0.1) is 0 Å². The largest absolute Gasteiger partial charge is 0.496 e. The zero-order valence-corrected chi connectivity index (χ0v) is 13.0. The molecule has 0 fully saturated rings. The zero-order valence-electron chi connectivity index (χ0n) is 13.0. The number of rotatable bonds is 6. The maximum Gasteiger partial charge on any atom is 0.250 e. The van der Waals surface area contributed by atoms with Crippen LogP contribution in [0.2, 0.25) is 0 Å². The molecule has 0 aliphatic heterocycles. The molecule has 24 heavy (non-hydrogen) atoms. The van der Waals surface area contributed by atoms with Crippen LogP contribution in [0.15, 0.2) is 53.1 Å². The lowest BCUT2D eigenvalue weighted by Crippen LogP contribution is -2.14. The molecule has 3 aromatic rings. The van der Waals surface area contributed by atoms with Crippen LogP contribution in [0, 0.1) is 0 Å². The number of nitrogens with zero attached hydrogens (tertiary/aromatic N) is 2. The molecule has 0 bridgehead atoms. The minimum atomic E-state index is -0.502. The van der Waals surface area contributed by atoms with E-state index in [1.807, 2.05) is 30.3 Å². The minimum Gasteiger partial charge on any atom is -0.496 e. The highest BCUT2D eigenvalue weighted by Crippen LogP contribution is 2.27. The van der Waals surface area contributed by atoms with E-state index in [1.54, 1.807) is 25.3 Å². The number of carbonyl (C=O) groups excluding carboxylic acids is 1. The maximum atomic E-state index is 11.4. The molecule has 0 atom stereocenters. The number of ether oxygens (including phenoxy) is 1. The Morgan fingerprint density at radius 1 is 1.21 bits per heavy atom. The summed E-state index contributed by atoms with van der Waals surface area (Å²) < 4.78 is 10.5. The molecule has 7 heteroatoms. The van der Waals surface area contributed by atoms with E-state index in [0.717, 1.165) is 5.56 Å². The maximum absolute atomic E-state index is 11.4. The van der Waals surface area contributed by atoms with E-state index in [9.17, 15) is 4.79 Å². The van der Waals surface area contributed by atoms with E-state index in [4.69, 9.17) is 15.0 Å². The third kappa shape index (κ3) is 3.19. The van der Waals surface area contributed by atoms with Crippen LogP contribution in [0.1, 0.15) is 16.2 Å². The highest BCUT2D eigenvalue weighted by Gasteiger charge is 2.13. The molecule has 0 saturated heterocycles. The normalized spacial score (nSPS) is 10.4. The fraction of sp³-hybridized carbons (Fsp3) is 0.118. The number of nitrogens with two attached hydrogens (primary N) is 1. The predicted octanol–water partition coefficient (Wildman–Crippen LogP) is 2.46. The molecular formula is C17H16N4O3. The van der Waals surface area contributed by atoms with Gasteiger partial charge in [-0.05, 0) is 24.3 Å². The average Bonchev–Trinajstić information content (AvgIpc) is 3.09. The van der Waals surface area contributed by atoms with E-state index in [2.05, 4.69) is 15.5 Å². The molecule has 0 aliphatic carbocycles. The minimum absolute atomic E-state index is 0.270. The Labute approximate surface area is 138 Å². The Morgan fingerprint density at radius 3 is 2.75 bits per heavy atom. The number of carbonyl (C=O) groups is 1. The number of benzene rings is 2. The van der Waals surface area contributed by atoms with E-state index in [-0.39, 0.29) is 6.54 Å². The smallest absolute Gasteiger partial charge is 0.250 e. The molecule has 1 amide bonds. The summed E-state index contributed by atoms with van der Waals surface area (Å²) in [6.45, 7) is 0.270. The van der Waals surface area contributed by atoms with E-state index >= 15 is 0 Å². The van der Waals surface area contributed by atoms with Gasteiger partial charge in [-0.2, -0.15) is 4.98 Å². The van der Waals surface area contributed by atoms with Gasteiger partial charge >= 0.3 is 0 Å². The first-order chi connectivity index (χ1) is 11.7. The highest BCUT2D eigenvalue weighted by molar-refractivity contribution is 5.98. The fourth-order valence-electron chi connectivity index (χ4n) is 2.29. The second-order valence-electron chi connectivity index (χ2n) is 4.98. The number of nitrogens with one attached hydrogen (secondary N) is 1. The molecular weight excluding hydrogens is 308 g/mol. The second-order valence-corrected chi connectivity index (χ2v) is 4.98. The third-order valence-electron chi connectivity index (χ3n) is 3.44. The van der Waals surface area contributed by atoms with Gasteiger partial charge < -0.3 is 20.3 Å². The molecule has 122 valence electrons. The third-order valence-corrected chi connectivity index (χ3v) is 3.44. The Bertz CT molecular complexity index is 860. The fourth-order valence-corrected chi connectivity index (χ4v) is 2.29. The van der Waals surface area contributed by atoms with Gasteiger partial charge in [0.1, 0.15) is 5.75 Å². The summed E-state index contributed by atoms with van der Waals surface area (Å²) in [5.41, 5.74) is 7.11. The van der Waals surface area contributed by atoms with Crippen LogP contribution >= 0.6 is 0 Å². The Hall–Kier alpha value is -3.35. The van der Waals surface area contributed by atoms with E-state index in [1.165, 1.54) is 0 Å². The summed E-state index contributed by atoms with van der Waals surface area (Å²) in [4.78, 5) is 15.8. The van der Waals surface area contributed by atoms with Gasteiger partial charge in [-0.3, -0.25) is 4.79 Å². The van der Waals surface area contributed by atoms with Gasteiger partial charge in [-0.25, -0.2) is 0 Å². The molecule has 2 aromatic carbocycles. The number of hydrogen-bond donors (Lipinski definition) is 2. The molecule has 3 rings (SSSR count). The summed E-state index contributed by atoms with van der Waals surface area (Å²) >= 11 is 0. The van der Waals surface area contributed by atoms with Crippen molar-refractivity contribution in [2.24, 2.45) is 5.73 Å². The number of amides is 1. The van der Waals surface area contributed by atoms with Gasteiger partial charge in [0.25, 0.3) is 5.91 Å². The van der Waals surface area contributed by atoms with Crippen LogP contribution in [0.4, 0.5) is 5.69 Å². The Morgan fingerprint density at radius 2 is 1.96 bits per heavy atom. The summed E-state index contributed by atoms with van der Waals surface area (Å²) in [6, 6.07) is 14.4. The molecule has 1 heterocycles. The Kier molecular flexibility index (Phi) is 4.42. The SMILES string of the molecule is COc1ccccc1-c1noc(CNc2ccccc2C(N)=O)n1. The molecule has 3 N–H and O–H groups in total. The van der Waals surface area contributed by atoms with Crippen LogP contribution < -0.4 is 15.8 Å². The van der Waals surface area contributed by atoms with E-state index < -0.39 is 5.91 Å². The molecule has 1 aromatic heterocycles. The van der Waals surface area contributed by atoms with Crippen molar-refractivity contribution in [1.82, 2.24) is 10.1 Å². The first-order valence-corrected chi connectivity index (χ1v) is 7.27. The van der Waals surface area contributed by atoms with Crippen molar-refractivity contribution < 1.29 is 14.1 Å². The van der Waals surface area contributed by atoms with E-state index in [0.29, 0.717) is 28.7 Å². The van der Waals surface area contributed by atoms with Crippen LogP contribution in [-0.2, 0) is 6.54 Å². The summed E-state index contributed by atoms with van der Waals surface area (Å²) in [6.07, 6.45) is 0. The van der Waals surface area contributed by atoms with Gasteiger partial charge in [-0.1, -0.05) is 29.4 Å². The van der Waals surface area contributed by atoms with Gasteiger partial charge in [0.15, 0.2) is 0 Å². The quantitative estimate of drug-likeness (QED) is 0.722. The lowest BCUT2D eigenvalue weighted by atomic mass is 10.1. The van der Waals surface area contributed by atoms with Crippen molar-refractivity contribution in [3.63, 3.8) is 0 Å². The number of anilines is 1. The summed E-state index contributed by atoms with van der Waals surface area (Å²) in [5, 5.41) is 7.04. The topological polar surface area (TPSA) is 103 Å². The lowest BCUT2D eigenvalue weighted by molar-refractivity contribution is 0.100. The number of methoxy groups -OCH3 is 1. The summed E-state index contributed by atoms with van der Waals surface area (Å²) in [5.74, 6) is 0.984. The van der Waals surface area contributed by atoms with Crippen molar-refractivity contribution in [3.8, 4) is 17.1 Å². The van der Waals surface area contributed by atoms with Crippen LogP contribution in [0.25, 0.3) is 11.4 Å². The first-order valence-electron chi connectivity index (χ1n) is 7.27. The number of para-hydroxylation sites is 2. The van der Waals surface area contributed by atoms with Crippen molar-refractivity contribution in [2.75, 3.05) is 12.4 Å². The molecule has 0 spiro atoms. The molecule has 7 nitrogen and oxygen atoms in total. The van der Waals surface area contributed by atoms with Gasteiger partial charge in [0.2, 0.25) is 11.7 Å². The van der Waals surface area contributed by atoms with Crippen molar-refractivity contribution in [3.05, 3.63) is 60.0 Å². The van der Waals surface area contributed by atoms with Crippen molar-refractivity contribution >= 4 is 11.6 Å². The van der Waals surface area contributed by atoms with Gasteiger partial charge in [0.05, 0.1) is 24.8 Å². The molecule has 0 radical (unpaired) electrons. The van der Waals surface area contributed by atoms with Crippen LogP contribution in [0.3, 0.4) is 0 Å². The molecule has 0 saturated carbocycles. The number of aromatic nitrogens is 2. The number of primary amides is 1. The standard InChI is InChI=1S/C17H16N4O3/c1-23-14-9-5-3-7-12(14)17-20-15(24-21-17)10-19-13-8-4-2-6-11(13)16(18)22/h2-9,19H,10H2,1H3,(H2,18,22). The average molecular weight is 324 g/mol. The lowest BCUT2D eigenvalue weighted by Gasteiger charge is -2.07. The zero-order chi connectivity index (χ0) is 16.9. The van der Waals surface area contributed by atoms with Crippen molar-refractivity contribution in [2.45, 2.75) is 6.54 Å². The highest BCUT2D eigenvalue weighted by atomic mass is 16.5. The van der Waals surface area contributed by atoms with Gasteiger partial charge in [0, 0.05) is 5.69 Å². The van der Waals surface area contributed by atoms with Crippen LogP contribution in [-0.4, -0.2) is 23.2 Å². The Balaban J connectivity index is 1.77. The molecule has 0 aliphatic rings. The van der Waals surface area contributed by atoms with Crippen LogP contribution in [0.5, 0.6) is 5.75 Å². The molecule has 0 unspecified atom stereocenters. The number of hydrogen-bond acceptors (Lipinski definition) is 6.